The summed E-state index contributed by atoms with van der Waals surface area (Å²) >= 11 is 5.90. The van der Waals surface area contributed by atoms with Crippen molar-refractivity contribution in [2.45, 2.75) is 6.54 Å². The Morgan fingerprint density at radius 3 is 2.94 bits per heavy atom. The first-order chi connectivity index (χ1) is 8.29. The number of benzene rings is 1. The Balaban J connectivity index is 2.23. The van der Waals surface area contributed by atoms with E-state index in [-0.39, 0.29) is 0 Å². The topological polar surface area (TPSA) is 34.2 Å². The van der Waals surface area contributed by atoms with Crippen molar-refractivity contribution in [3.63, 3.8) is 0 Å². The number of ether oxygens (including phenoxy) is 1. The second-order valence-electron chi connectivity index (χ2n) is 3.56. The molecule has 0 saturated heterocycles. The molecule has 3 nitrogen and oxygen atoms in total. The number of hydrogen-bond donors (Lipinski definition) is 1. The van der Waals surface area contributed by atoms with Gasteiger partial charge in [0.1, 0.15) is 5.75 Å². The molecule has 0 unspecified atom stereocenters. The van der Waals surface area contributed by atoms with E-state index in [4.69, 9.17) is 16.3 Å². The molecule has 0 radical (unpaired) electrons. The average Bonchev–Trinajstić information content (AvgIpc) is 2.32. The van der Waals surface area contributed by atoms with Gasteiger partial charge in [0.15, 0.2) is 0 Å². The van der Waals surface area contributed by atoms with Gasteiger partial charge in [-0.05, 0) is 31.3 Å². The van der Waals surface area contributed by atoms with E-state index in [1.165, 1.54) is 0 Å². The lowest BCUT2D eigenvalue weighted by Crippen LogP contribution is -2.07. The number of aromatic nitrogens is 1. The lowest BCUT2D eigenvalue weighted by molar-refractivity contribution is 0.454. The number of rotatable bonds is 4. The normalized spacial score (nSPS) is 10.2. The molecule has 2 aromatic rings. The molecule has 1 heterocycles. The van der Waals surface area contributed by atoms with Crippen LogP contribution in [0.2, 0.25) is 5.02 Å². The van der Waals surface area contributed by atoms with Crippen molar-refractivity contribution in [3.8, 4) is 11.6 Å². The maximum absolute atomic E-state index is 5.90. The van der Waals surface area contributed by atoms with Crippen LogP contribution in [0.3, 0.4) is 0 Å². The van der Waals surface area contributed by atoms with E-state index in [9.17, 15) is 0 Å². The minimum atomic E-state index is 0.601. The summed E-state index contributed by atoms with van der Waals surface area (Å²) in [6.45, 7) is 0.712. The van der Waals surface area contributed by atoms with Gasteiger partial charge < -0.3 is 10.1 Å². The monoisotopic (exact) mass is 248 g/mol. The molecule has 0 fully saturated rings. The molecular formula is C13H13ClN2O. The van der Waals surface area contributed by atoms with E-state index < -0.39 is 0 Å². The number of hydrogen-bond acceptors (Lipinski definition) is 3. The van der Waals surface area contributed by atoms with Crippen LogP contribution in [-0.4, -0.2) is 12.0 Å². The molecule has 0 spiro atoms. The first kappa shape index (κ1) is 11.9. The van der Waals surface area contributed by atoms with Gasteiger partial charge in [0, 0.05) is 23.3 Å². The lowest BCUT2D eigenvalue weighted by Gasteiger charge is -2.09. The highest BCUT2D eigenvalue weighted by molar-refractivity contribution is 6.30. The first-order valence-corrected chi connectivity index (χ1v) is 5.69. The van der Waals surface area contributed by atoms with Crippen LogP contribution in [-0.2, 0) is 6.54 Å². The number of nitrogens with zero attached hydrogens (tertiary/aromatic N) is 1. The molecule has 0 atom stereocenters. The van der Waals surface area contributed by atoms with Gasteiger partial charge in [-0.15, -0.1) is 0 Å². The predicted molar refractivity (Wildman–Crippen MR) is 68.5 cm³/mol. The van der Waals surface area contributed by atoms with Crippen LogP contribution in [0.5, 0.6) is 11.6 Å². The van der Waals surface area contributed by atoms with Crippen LogP contribution < -0.4 is 10.1 Å². The van der Waals surface area contributed by atoms with Crippen molar-refractivity contribution >= 4 is 11.6 Å². The second kappa shape index (κ2) is 5.66. The molecule has 0 aliphatic carbocycles. The zero-order valence-corrected chi connectivity index (χ0v) is 10.2. The van der Waals surface area contributed by atoms with E-state index in [1.807, 2.05) is 31.3 Å². The molecule has 0 aliphatic heterocycles. The molecule has 17 heavy (non-hydrogen) atoms. The zero-order valence-electron chi connectivity index (χ0n) is 9.48. The highest BCUT2D eigenvalue weighted by atomic mass is 35.5. The van der Waals surface area contributed by atoms with E-state index in [0.29, 0.717) is 23.2 Å². The maximum atomic E-state index is 5.90. The fraction of sp³-hybridized carbons (Fsp3) is 0.154. The standard InChI is InChI=1S/C13H13ClN2O/c1-15-9-10-4-3-7-16-13(10)17-12-6-2-5-11(14)8-12/h2-8,15H,9H2,1H3. The van der Waals surface area contributed by atoms with Gasteiger partial charge >= 0.3 is 0 Å². The second-order valence-corrected chi connectivity index (χ2v) is 3.99. The third-order valence-electron chi connectivity index (χ3n) is 2.23. The van der Waals surface area contributed by atoms with Gasteiger partial charge in [0.2, 0.25) is 5.88 Å². The van der Waals surface area contributed by atoms with Gasteiger partial charge in [0.25, 0.3) is 0 Å². The van der Waals surface area contributed by atoms with Crippen LogP contribution in [0, 0.1) is 0 Å². The fourth-order valence-electron chi connectivity index (χ4n) is 1.48. The summed E-state index contributed by atoms with van der Waals surface area (Å²) in [5.74, 6) is 1.29. The van der Waals surface area contributed by atoms with Crippen molar-refractivity contribution in [1.29, 1.82) is 0 Å². The molecule has 88 valence electrons. The van der Waals surface area contributed by atoms with Gasteiger partial charge in [-0.1, -0.05) is 23.7 Å². The highest BCUT2D eigenvalue weighted by Crippen LogP contribution is 2.24. The Hall–Kier alpha value is -1.58. The van der Waals surface area contributed by atoms with E-state index >= 15 is 0 Å². The highest BCUT2D eigenvalue weighted by Gasteiger charge is 2.05. The fourth-order valence-corrected chi connectivity index (χ4v) is 1.66. The van der Waals surface area contributed by atoms with Gasteiger partial charge in [0.05, 0.1) is 0 Å². The van der Waals surface area contributed by atoms with Gasteiger partial charge in [-0.2, -0.15) is 0 Å². The Morgan fingerprint density at radius 1 is 1.29 bits per heavy atom. The van der Waals surface area contributed by atoms with Crippen molar-refractivity contribution < 1.29 is 4.74 Å². The van der Waals surface area contributed by atoms with Crippen molar-refractivity contribution in [1.82, 2.24) is 10.3 Å². The van der Waals surface area contributed by atoms with Gasteiger partial charge in [-0.3, -0.25) is 0 Å². The van der Waals surface area contributed by atoms with E-state index in [1.54, 1.807) is 18.3 Å². The molecule has 0 saturated carbocycles. The number of halogens is 1. The first-order valence-electron chi connectivity index (χ1n) is 5.31. The minimum Gasteiger partial charge on any atom is -0.439 e. The Kier molecular flexibility index (Phi) is 3.96. The number of pyridine rings is 1. The maximum Gasteiger partial charge on any atom is 0.223 e. The molecule has 2 rings (SSSR count). The third-order valence-corrected chi connectivity index (χ3v) is 2.46. The molecule has 1 aromatic heterocycles. The lowest BCUT2D eigenvalue weighted by atomic mass is 10.2. The Labute approximate surface area is 105 Å². The SMILES string of the molecule is CNCc1cccnc1Oc1cccc(Cl)c1. The van der Waals surface area contributed by atoms with Crippen LogP contribution in [0.25, 0.3) is 0 Å². The molecule has 1 aromatic carbocycles. The Morgan fingerprint density at radius 2 is 2.18 bits per heavy atom. The van der Waals surface area contributed by atoms with E-state index in [0.717, 1.165) is 5.56 Å². The summed E-state index contributed by atoms with van der Waals surface area (Å²) in [7, 11) is 1.89. The zero-order chi connectivity index (χ0) is 12.1. The van der Waals surface area contributed by atoms with E-state index in [2.05, 4.69) is 10.3 Å². The summed E-state index contributed by atoms with van der Waals surface area (Å²) in [5, 5.41) is 3.72. The molecule has 0 aliphatic rings. The summed E-state index contributed by atoms with van der Waals surface area (Å²) in [4.78, 5) is 4.22. The quantitative estimate of drug-likeness (QED) is 0.902. The summed E-state index contributed by atoms with van der Waals surface area (Å²) in [5.41, 5.74) is 1.01. The molecule has 4 heteroatoms. The molecule has 0 amide bonds. The van der Waals surface area contributed by atoms with Crippen LogP contribution in [0.1, 0.15) is 5.56 Å². The molecular weight excluding hydrogens is 236 g/mol. The summed E-state index contributed by atoms with van der Waals surface area (Å²) in [6, 6.07) is 11.1. The largest absolute Gasteiger partial charge is 0.439 e. The molecule has 0 bridgehead atoms. The van der Waals surface area contributed by atoms with Crippen molar-refractivity contribution in [3.05, 3.63) is 53.2 Å². The van der Waals surface area contributed by atoms with Crippen LogP contribution in [0.4, 0.5) is 0 Å². The smallest absolute Gasteiger partial charge is 0.223 e. The Bertz CT molecular complexity index is 502. The molecule has 1 N–H and O–H groups in total. The average molecular weight is 249 g/mol. The van der Waals surface area contributed by atoms with Gasteiger partial charge in [-0.25, -0.2) is 4.98 Å². The van der Waals surface area contributed by atoms with Crippen LogP contribution in [0.15, 0.2) is 42.6 Å². The van der Waals surface area contributed by atoms with Crippen molar-refractivity contribution in [2.75, 3.05) is 7.05 Å². The van der Waals surface area contributed by atoms with Crippen LogP contribution >= 0.6 is 11.6 Å². The van der Waals surface area contributed by atoms with Crippen molar-refractivity contribution in [2.24, 2.45) is 0 Å². The predicted octanol–water partition coefficient (Wildman–Crippen LogP) is 3.25. The third kappa shape index (κ3) is 3.19. The number of nitrogens with one attached hydrogen (secondary N) is 1. The minimum absolute atomic E-state index is 0.601. The summed E-state index contributed by atoms with van der Waals surface area (Å²) < 4.78 is 5.71. The summed E-state index contributed by atoms with van der Waals surface area (Å²) in [6.07, 6.45) is 1.71.